The highest BCUT2D eigenvalue weighted by atomic mass is 35.5. The molecule has 0 radical (unpaired) electrons. The zero-order chi connectivity index (χ0) is 19.1. The fraction of sp³-hybridized carbons (Fsp3) is 0. The van der Waals surface area contributed by atoms with E-state index in [4.69, 9.17) is 23.2 Å². The molecule has 0 saturated heterocycles. The summed E-state index contributed by atoms with van der Waals surface area (Å²) in [5.41, 5.74) is 2.84. The van der Waals surface area contributed by atoms with Gasteiger partial charge in [0.05, 0.1) is 0 Å². The molecule has 1 amide bonds. The van der Waals surface area contributed by atoms with Gasteiger partial charge in [-0.05, 0) is 60.0 Å². The van der Waals surface area contributed by atoms with Gasteiger partial charge >= 0.3 is 0 Å². The number of benzene rings is 2. The minimum Gasteiger partial charge on any atom is -0.322 e. The van der Waals surface area contributed by atoms with Crippen LogP contribution in [0.5, 0.6) is 0 Å². The first-order valence-electron chi connectivity index (χ1n) is 8.07. The summed E-state index contributed by atoms with van der Waals surface area (Å²) in [6, 6.07) is 18.0. The molecular weight excluding hydrogens is 379 g/mol. The van der Waals surface area contributed by atoms with Crippen LogP contribution in [0.2, 0.25) is 10.0 Å². The van der Waals surface area contributed by atoms with Crippen LogP contribution in [0.1, 0.15) is 16.8 Å². The van der Waals surface area contributed by atoms with Crippen molar-refractivity contribution < 1.29 is 4.79 Å². The number of rotatable bonds is 3. The zero-order valence-electron chi connectivity index (χ0n) is 14.1. The quantitative estimate of drug-likeness (QED) is 0.476. The van der Waals surface area contributed by atoms with Crippen molar-refractivity contribution in [2.45, 2.75) is 0 Å². The lowest BCUT2D eigenvalue weighted by molar-refractivity contribution is -0.111. The van der Waals surface area contributed by atoms with Gasteiger partial charge in [0.1, 0.15) is 5.69 Å². The maximum absolute atomic E-state index is 12.1. The highest BCUT2D eigenvalue weighted by molar-refractivity contribution is 6.35. The number of aromatic nitrogens is 1. The summed E-state index contributed by atoms with van der Waals surface area (Å²) in [5.74, 6) is 5.75. The summed E-state index contributed by atoms with van der Waals surface area (Å²) < 4.78 is 0. The Bertz CT molecular complexity index is 1050. The van der Waals surface area contributed by atoms with Crippen LogP contribution in [0.4, 0.5) is 5.69 Å². The molecule has 3 aromatic rings. The normalized spacial score (nSPS) is 10.3. The van der Waals surface area contributed by atoms with Gasteiger partial charge in [0.25, 0.3) is 0 Å². The topological polar surface area (TPSA) is 42.0 Å². The van der Waals surface area contributed by atoms with Gasteiger partial charge in [-0.1, -0.05) is 47.3 Å². The molecule has 0 atom stereocenters. The van der Waals surface area contributed by atoms with Crippen molar-refractivity contribution in [3.8, 4) is 11.8 Å². The summed E-state index contributed by atoms with van der Waals surface area (Å²) in [7, 11) is 0. The van der Waals surface area contributed by atoms with Crippen molar-refractivity contribution in [3.05, 3.63) is 99.8 Å². The SMILES string of the molecule is O=C(/C=C/c1ccc(Cl)cc1Cl)Nc1cccc(C#Cc2ccccn2)c1. The number of pyridine rings is 1. The predicted octanol–water partition coefficient (Wildman–Crippen LogP) is 5.44. The molecule has 1 N–H and O–H groups in total. The lowest BCUT2D eigenvalue weighted by Gasteiger charge is -2.03. The molecule has 1 aromatic heterocycles. The minimum absolute atomic E-state index is 0.268. The Morgan fingerprint density at radius 2 is 1.89 bits per heavy atom. The molecule has 3 nitrogen and oxygen atoms in total. The first-order chi connectivity index (χ1) is 13.1. The predicted molar refractivity (Wildman–Crippen MR) is 111 cm³/mol. The van der Waals surface area contributed by atoms with Gasteiger partial charge in [-0.3, -0.25) is 4.79 Å². The maximum Gasteiger partial charge on any atom is 0.248 e. The van der Waals surface area contributed by atoms with E-state index in [1.54, 1.807) is 42.6 Å². The Hall–Kier alpha value is -3.06. The van der Waals surface area contributed by atoms with E-state index in [9.17, 15) is 4.79 Å². The number of halogens is 2. The van der Waals surface area contributed by atoms with E-state index in [1.807, 2.05) is 30.3 Å². The van der Waals surface area contributed by atoms with Crippen LogP contribution >= 0.6 is 23.2 Å². The van der Waals surface area contributed by atoms with Crippen molar-refractivity contribution in [2.24, 2.45) is 0 Å². The molecule has 2 aromatic carbocycles. The van der Waals surface area contributed by atoms with E-state index in [-0.39, 0.29) is 5.91 Å². The number of anilines is 1. The average Bonchev–Trinajstić information content (AvgIpc) is 2.67. The van der Waals surface area contributed by atoms with Gasteiger partial charge in [0, 0.05) is 33.6 Å². The van der Waals surface area contributed by atoms with Crippen LogP contribution in [-0.2, 0) is 4.79 Å². The molecule has 132 valence electrons. The minimum atomic E-state index is -0.268. The number of carbonyl (C=O) groups is 1. The highest BCUT2D eigenvalue weighted by Gasteiger charge is 2.01. The van der Waals surface area contributed by atoms with Crippen LogP contribution in [0, 0.1) is 11.8 Å². The third kappa shape index (κ3) is 5.72. The Labute approximate surface area is 167 Å². The Balaban J connectivity index is 1.68. The Morgan fingerprint density at radius 3 is 2.67 bits per heavy atom. The third-order valence-corrected chi connectivity index (χ3v) is 4.07. The number of nitrogens with zero attached hydrogens (tertiary/aromatic N) is 1. The van der Waals surface area contributed by atoms with Crippen LogP contribution in [0.3, 0.4) is 0 Å². The average molecular weight is 393 g/mol. The fourth-order valence-electron chi connectivity index (χ4n) is 2.23. The highest BCUT2D eigenvalue weighted by Crippen LogP contribution is 2.22. The molecule has 3 rings (SSSR count). The summed E-state index contributed by atoms with van der Waals surface area (Å²) in [6.45, 7) is 0. The molecule has 0 fully saturated rings. The van der Waals surface area contributed by atoms with Crippen molar-refractivity contribution >= 4 is 40.9 Å². The molecule has 0 unspecified atom stereocenters. The first-order valence-corrected chi connectivity index (χ1v) is 8.83. The van der Waals surface area contributed by atoms with Crippen LogP contribution in [0.15, 0.2) is 72.9 Å². The largest absolute Gasteiger partial charge is 0.322 e. The number of carbonyl (C=O) groups excluding carboxylic acids is 1. The van der Waals surface area contributed by atoms with Gasteiger partial charge < -0.3 is 5.32 Å². The van der Waals surface area contributed by atoms with Crippen molar-refractivity contribution in [1.82, 2.24) is 4.98 Å². The lowest BCUT2D eigenvalue weighted by Crippen LogP contribution is -2.07. The second kappa shape index (κ2) is 9.05. The molecule has 0 bridgehead atoms. The molecule has 0 aliphatic rings. The molecule has 0 spiro atoms. The summed E-state index contributed by atoms with van der Waals surface area (Å²) in [4.78, 5) is 16.3. The van der Waals surface area contributed by atoms with Crippen molar-refractivity contribution in [3.63, 3.8) is 0 Å². The Morgan fingerprint density at radius 1 is 1.00 bits per heavy atom. The van der Waals surface area contributed by atoms with E-state index < -0.39 is 0 Å². The van der Waals surface area contributed by atoms with Gasteiger partial charge in [0.2, 0.25) is 5.91 Å². The molecule has 5 heteroatoms. The van der Waals surface area contributed by atoms with E-state index in [0.717, 1.165) is 5.56 Å². The summed E-state index contributed by atoms with van der Waals surface area (Å²) in [6.07, 6.45) is 4.75. The third-order valence-electron chi connectivity index (χ3n) is 3.51. The van der Waals surface area contributed by atoms with Gasteiger partial charge in [-0.25, -0.2) is 4.98 Å². The van der Waals surface area contributed by atoms with E-state index in [2.05, 4.69) is 22.1 Å². The summed E-state index contributed by atoms with van der Waals surface area (Å²) in [5, 5.41) is 3.83. The molecular formula is C22H14Cl2N2O. The van der Waals surface area contributed by atoms with E-state index in [1.165, 1.54) is 6.08 Å². The second-order valence-electron chi connectivity index (χ2n) is 5.53. The molecule has 1 heterocycles. The standard InChI is InChI=1S/C22H14Cl2N2O/c23-18-10-8-17(21(24)15-18)9-12-22(27)26-20-6-3-4-16(14-20)7-11-19-5-1-2-13-25-19/h1-6,8-10,12-15H,(H,26,27)/b12-9+. The van der Waals surface area contributed by atoms with Crippen molar-refractivity contribution in [2.75, 3.05) is 5.32 Å². The number of nitrogens with one attached hydrogen (secondary N) is 1. The van der Waals surface area contributed by atoms with Crippen LogP contribution < -0.4 is 5.32 Å². The van der Waals surface area contributed by atoms with Gasteiger partial charge in [0.15, 0.2) is 0 Å². The Kier molecular flexibility index (Phi) is 6.27. The van der Waals surface area contributed by atoms with Crippen molar-refractivity contribution in [1.29, 1.82) is 0 Å². The molecule has 27 heavy (non-hydrogen) atoms. The molecule has 0 saturated carbocycles. The summed E-state index contributed by atoms with van der Waals surface area (Å²) >= 11 is 12.0. The lowest BCUT2D eigenvalue weighted by atomic mass is 10.2. The monoisotopic (exact) mass is 392 g/mol. The van der Waals surface area contributed by atoms with Crippen LogP contribution in [0.25, 0.3) is 6.08 Å². The second-order valence-corrected chi connectivity index (χ2v) is 6.38. The van der Waals surface area contributed by atoms with E-state index in [0.29, 0.717) is 27.0 Å². The molecule has 0 aliphatic carbocycles. The number of hydrogen-bond acceptors (Lipinski definition) is 2. The zero-order valence-corrected chi connectivity index (χ0v) is 15.6. The molecule has 0 aliphatic heterocycles. The number of hydrogen-bond donors (Lipinski definition) is 1. The first kappa shape index (κ1) is 18.7. The maximum atomic E-state index is 12.1. The van der Waals surface area contributed by atoms with Gasteiger partial charge in [-0.15, -0.1) is 0 Å². The van der Waals surface area contributed by atoms with Gasteiger partial charge in [-0.2, -0.15) is 0 Å². The van der Waals surface area contributed by atoms with E-state index >= 15 is 0 Å². The number of amides is 1. The fourth-order valence-corrected chi connectivity index (χ4v) is 2.71. The van der Waals surface area contributed by atoms with Crippen LogP contribution in [-0.4, -0.2) is 10.9 Å². The smallest absolute Gasteiger partial charge is 0.248 e.